The third-order valence-corrected chi connectivity index (χ3v) is 1.85. The Bertz CT molecular complexity index is 177. The minimum absolute atomic E-state index is 0. The monoisotopic (exact) mass is 225 g/mol. The van der Waals surface area contributed by atoms with E-state index in [4.69, 9.17) is 0 Å². The molecule has 0 bridgehead atoms. The van der Waals surface area contributed by atoms with Crippen LogP contribution < -0.4 is 0 Å². The Hall–Kier alpha value is -0.150. The van der Waals surface area contributed by atoms with Gasteiger partial charge in [0.15, 0.2) is 12.0 Å². The Labute approximate surface area is 92.3 Å². The van der Waals surface area contributed by atoms with Crippen molar-refractivity contribution < 1.29 is 9.18 Å². The zero-order chi connectivity index (χ0) is 10.6. The van der Waals surface area contributed by atoms with Gasteiger partial charge >= 0.3 is 0 Å². The maximum absolute atomic E-state index is 13.3. The summed E-state index contributed by atoms with van der Waals surface area (Å²) >= 11 is 0. The minimum Gasteiger partial charge on any atom is -0.309 e. The summed E-state index contributed by atoms with van der Waals surface area (Å²) in [6.07, 6.45) is -1.02. The lowest BCUT2D eigenvalue weighted by atomic mass is 9.87. The molecule has 0 rings (SSSR count). The molecule has 0 aliphatic carbocycles. The highest BCUT2D eigenvalue weighted by Gasteiger charge is 2.29. The molecule has 2 nitrogen and oxygen atoms in total. The molecule has 86 valence electrons. The maximum atomic E-state index is 13.3. The molecule has 0 aliphatic rings. The largest absolute Gasteiger partial charge is 0.309 e. The van der Waals surface area contributed by atoms with Crippen molar-refractivity contribution in [3.05, 3.63) is 0 Å². The summed E-state index contributed by atoms with van der Waals surface area (Å²) in [7, 11) is 3.74. The molecule has 0 fully saturated rings. The maximum Gasteiger partial charge on any atom is 0.172 e. The highest BCUT2D eigenvalue weighted by molar-refractivity contribution is 5.87. The minimum atomic E-state index is -1.32. The van der Waals surface area contributed by atoms with Crippen molar-refractivity contribution in [1.82, 2.24) is 4.90 Å². The first-order valence-electron chi connectivity index (χ1n) is 4.58. The van der Waals surface area contributed by atoms with Gasteiger partial charge < -0.3 is 4.90 Å². The lowest BCUT2D eigenvalue weighted by molar-refractivity contribution is -0.131. The van der Waals surface area contributed by atoms with Gasteiger partial charge in [0, 0.05) is 12.0 Å². The molecule has 0 spiro atoms. The van der Waals surface area contributed by atoms with Gasteiger partial charge in [-0.1, -0.05) is 20.8 Å². The number of carbonyl (C=O) groups excluding carboxylic acids is 1. The molecule has 14 heavy (non-hydrogen) atoms. The molecule has 0 saturated carbocycles. The number of hydrogen-bond acceptors (Lipinski definition) is 2. The van der Waals surface area contributed by atoms with Gasteiger partial charge in [-0.3, -0.25) is 4.79 Å². The van der Waals surface area contributed by atoms with Gasteiger partial charge in [0.05, 0.1) is 0 Å². The van der Waals surface area contributed by atoms with Crippen molar-refractivity contribution in [3.63, 3.8) is 0 Å². The molecule has 0 heterocycles. The summed E-state index contributed by atoms with van der Waals surface area (Å²) < 4.78 is 13.3. The molecule has 0 radical (unpaired) electrons. The summed E-state index contributed by atoms with van der Waals surface area (Å²) in [6.45, 7) is 5.86. The molecule has 1 atom stereocenters. The first kappa shape index (κ1) is 16.3. The van der Waals surface area contributed by atoms with E-state index in [-0.39, 0.29) is 18.2 Å². The number of rotatable bonds is 4. The van der Waals surface area contributed by atoms with Crippen molar-refractivity contribution in [2.75, 3.05) is 20.6 Å². The second-order valence-electron chi connectivity index (χ2n) is 4.67. The van der Waals surface area contributed by atoms with Crippen LogP contribution in [0.4, 0.5) is 4.39 Å². The number of hydrogen-bond donors (Lipinski definition) is 0. The quantitative estimate of drug-likeness (QED) is 0.732. The lowest BCUT2D eigenvalue weighted by Crippen LogP contribution is -2.31. The summed E-state index contributed by atoms with van der Waals surface area (Å²) in [5, 5.41) is 0. The third-order valence-electron chi connectivity index (χ3n) is 1.85. The highest BCUT2D eigenvalue weighted by atomic mass is 35.5. The van der Waals surface area contributed by atoms with Crippen LogP contribution in [0.2, 0.25) is 0 Å². The zero-order valence-electron chi connectivity index (χ0n) is 9.63. The van der Waals surface area contributed by atoms with Gasteiger partial charge in [-0.25, -0.2) is 4.39 Å². The Kier molecular flexibility index (Phi) is 7.39. The molecular weight excluding hydrogens is 205 g/mol. The Morgan fingerprint density at radius 3 is 2.07 bits per heavy atom. The number of Topliss-reactive ketones (excluding diaryl/α,β-unsaturated/α-hetero) is 1. The number of alkyl halides is 1. The molecule has 0 saturated heterocycles. The number of halogens is 2. The second-order valence-corrected chi connectivity index (χ2v) is 4.67. The van der Waals surface area contributed by atoms with Crippen LogP contribution in [0, 0.1) is 5.41 Å². The molecule has 0 amide bonds. The Morgan fingerprint density at radius 1 is 1.36 bits per heavy atom. The highest BCUT2D eigenvalue weighted by Crippen LogP contribution is 2.19. The van der Waals surface area contributed by atoms with E-state index >= 15 is 0 Å². The molecule has 0 unspecified atom stereocenters. The fourth-order valence-electron chi connectivity index (χ4n) is 0.972. The Balaban J connectivity index is 0. The predicted molar refractivity (Wildman–Crippen MR) is 59.8 cm³/mol. The molecule has 0 aliphatic heterocycles. The molecular formula is C10H21ClFNO. The molecule has 0 aromatic carbocycles. The first-order valence-corrected chi connectivity index (χ1v) is 4.58. The van der Waals surface area contributed by atoms with Crippen molar-refractivity contribution in [1.29, 1.82) is 0 Å². The van der Waals surface area contributed by atoms with Crippen LogP contribution in [0.25, 0.3) is 0 Å². The zero-order valence-corrected chi connectivity index (χ0v) is 10.4. The van der Waals surface area contributed by atoms with Crippen molar-refractivity contribution in [3.8, 4) is 0 Å². The van der Waals surface area contributed by atoms with Crippen LogP contribution in [0.5, 0.6) is 0 Å². The van der Waals surface area contributed by atoms with Crippen molar-refractivity contribution in [2.45, 2.75) is 33.4 Å². The second kappa shape index (κ2) is 6.36. The van der Waals surface area contributed by atoms with Crippen LogP contribution >= 0.6 is 12.4 Å². The summed E-state index contributed by atoms with van der Waals surface area (Å²) in [4.78, 5) is 13.3. The van der Waals surface area contributed by atoms with Crippen molar-refractivity contribution >= 4 is 18.2 Å². The average Bonchev–Trinajstić information content (AvgIpc) is 1.96. The van der Waals surface area contributed by atoms with Gasteiger partial charge in [0.2, 0.25) is 0 Å². The standard InChI is InChI=1S/C10H20FNO.ClH/c1-10(2,3)9(13)8(11)6-7-12(4)5;/h8H,6-7H2,1-5H3;1H/t8-;/m1./s1. The van der Waals surface area contributed by atoms with E-state index in [0.717, 1.165) is 0 Å². The summed E-state index contributed by atoms with van der Waals surface area (Å²) in [5.74, 6) is -0.297. The molecule has 4 heteroatoms. The SMILES string of the molecule is CN(C)CC[C@@H](F)C(=O)C(C)(C)C.Cl. The normalized spacial score (nSPS) is 13.6. The topological polar surface area (TPSA) is 20.3 Å². The van der Waals surface area contributed by atoms with Crippen LogP contribution in [0.3, 0.4) is 0 Å². The number of nitrogens with zero attached hydrogens (tertiary/aromatic N) is 1. The van der Waals surface area contributed by atoms with E-state index in [2.05, 4.69) is 0 Å². The van der Waals surface area contributed by atoms with E-state index in [0.29, 0.717) is 13.0 Å². The van der Waals surface area contributed by atoms with Gasteiger partial charge in [0.25, 0.3) is 0 Å². The van der Waals surface area contributed by atoms with Gasteiger partial charge in [-0.2, -0.15) is 0 Å². The first-order chi connectivity index (χ1) is 5.75. The van der Waals surface area contributed by atoms with Crippen LogP contribution in [-0.4, -0.2) is 37.5 Å². The summed E-state index contributed by atoms with van der Waals surface area (Å²) in [6, 6.07) is 0. The molecule has 0 aromatic rings. The third kappa shape index (κ3) is 6.33. The van der Waals surface area contributed by atoms with E-state index < -0.39 is 11.6 Å². The van der Waals surface area contributed by atoms with E-state index in [1.807, 2.05) is 19.0 Å². The van der Waals surface area contributed by atoms with Gasteiger partial charge in [-0.05, 0) is 20.5 Å². The van der Waals surface area contributed by atoms with Crippen molar-refractivity contribution in [2.24, 2.45) is 5.41 Å². The van der Waals surface area contributed by atoms with E-state index in [1.54, 1.807) is 20.8 Å². The average molecular weight is 226 g/mol. The Morgan fingerprint density at radius 2 is 1.79 bits per heavy atom. The predicted octanol–water partition coefficient (Wildman–Crippen LogP) is 2.31. The molecule has 0 aromatic heterocycles. The molecule has 0 N–H and O–H groups in total. The smallest absolute Gasteiger partial charge is 0.172 e. The number of ketones is 1. The van der Waals surface area contributed by atoms with Crippen LogP contribution in [-0.2, 0) is 4.79 Å². The van der Waals surface area contributed by atoms with Crippen LogP contribution in [0.1, 0.15) is 27.2 Å². The van der Waals surface area contributed by atoms with Gasteiger partial charge in [-0.15, -0.1) is 12.4 Å². The van der Waals surface area contributed by atoms with Crippen LogP contribution in [0.15, 0.2) is 0 Å². The number of carbonyl (C=O) groups is 1. The lowest BCUT2D eigenvalue weighted by Gasteiger charge is -2.20. The van der Waals surface area contributed by atoms with E-state index in [9.17, 15) is 9.18 Å². The summed E-state index contributed by atoms with van der Waals surface area (Å²) in [5.41, 5.74) is -0.564. The fourth-order valence-corrected chi connectivity index (χ4v) is 0.972. The fraction of sp³-hybridized carbons (Fsp3) is 0.900. The van der Waals surface area contributed by atoms with Gasteiger partial charge in [0.1, 0.15) is 0 Å². The van der Waals surface area contributed by atoms with E-state index in [1.165, 1.54) is 0 Å².